The number of pyridine rings is 1. The number of nitrogens with one attached hydrogen (secondary N) is 1. The molecule has 2 aromatic carbocycles. The summed E-state index contributed by atoms with van der Waals surface area (Å²) >= 11 is 0. The van der Waals surface area contributed by atoms with Crippen molar-refractivity contribution in [3.63, 3.8) is 0 Å². The zero-order chi connectivity index (χ0) is 31.5. The van der Waals surface area contributed by atoms with Gasteiger partial charge in [-0.2, -0.15) is 31.6 Å². The summed E-state index contributed by atoms with van der Waals surface area (Å²) in [6, 6.07) is 12.2. The highest BCUT2D eigenvalue weighted by molar-refractivity contribution is 5.79. The third-order valence-corrected chi connectivity index (χ3v) is 8.12. The minimum atomic E-state index is -4.62. The molecule has 2 fully saturated rings. The molecule has 2 aliphatic rings. The molecule has 3 aromatic rings. The van der Waals surface area contributed by atoms with E-state index in [0.29, 0.717) is 75.2 Å². The molecule has 44 heavy (non-hydrogen) atoms. The summed E-state index contributed by atoms with van der Waals surface area (Å²) in [7, 11) is 0. The highest BCUT2D eigenvalue weighted by atomic mass is 19.4. The third-order valence-electron chi connectivity index (χ3n) is 8.12. The van der Waals surface area contributed by atoms with Crippen LogP contribution < -0.4 is 5.32 Å². The Labute approximate surface area is 250 Å². The molecule has 234 valence electrons. The number of nitrogens with zero attached hydrogens (tertiary/aromatic N) is 4. The molecule has 2 heterocycles. The molecular weight excluding hydrogens is 588 g/mol. The number of ether oxygens (including phenoxy) is 1. The fourth-order valence-electron chi connectivity index (χ4n) is 5.66. The van der Waals surface area contributed by atoms with Gasteiger partial charge in [0.05, 0.1) is 40.1 Å². The highest BCUT2D eigenvalue weighted by Crippen LogP contribution is 2.35. The first kappa shape index (κ1) is 31.5. The van der Waals surface area contributed by atoms with Gasteiger partial charge in [-0.1, -0.05) is 12.1 Å². The summed E-state index contributed by atoms with van der Waals surface area (Å²) in [4.78, 5) is 21.0. The molecular formula is C31H31F6N5O2. The van der Waals surface area contributed by atoms with Crippen LogP contribution in [0.4, 0.5) is 32.0 Å². The molecule has 13 heteroatoms. The van der Waals surface area contributed by atoms with Crippen molar-refractivity contribution in [3.05, 3.63) is 70.9 Å². The molecule has 0 radical (unpaired) electrons. The molecule has 0 spiro atoms. The fraction of sp³-hybridized carbons (Fsp3) is 0.452. The van der Waals surface area contributed by atoms with E-state index in [4.69, 9.17) is 10.00 Å². The smallest absolute Gasteiger partial charge is 0.382 e. The standard InChI is InChI=1S/C31H31F6N5O2/c32-30(33,34)22-4-1-20-2-6-25(40-28(20)15-22)18-41-11-13-42(14-12-41)29(43)19-44-26-9-7-23(8-10-26)39-24-5-3-21(17-38)27(16-24)31(35,36)37/h1-6,15-16,23,26,39H,7-14,18-19H2/t23-,26-. The number of fused-ring (bicyclic) bond motifs is 1. The maximum Gasteiger partial charge on any atom is 0.417 e. The van der Waals surface area contributed by atoms with Crippen molar-refractivity contribution in [3.8, 4) is 6.07 Å². The average Bonchev–Trinajstić information content (AvgIpc) is 2.99. The van der Waals surface area contributed by atoms with E-state index < -0.39 is 29.0 Å². The van der Waals surface area contributed by atoms with E-state index in [-0.39, 0.29) is 30.2 Å². The summed E-state index contributed by atoms with van der Waals surface area (Å²) in [5.41, 5.74) is -0.862. The van der Waals surface area contributed by atoms with Crippen molar-refractivity contribution >= 4 is 22.5 Å². The predicted molar refractivity (Wildman–Crippen MR) is 150 cm³/mol. The lowest BCUT2D eigenvalue weighted by Gasteiger charge is -2.35. The van der Waals surface area contributed by atoms with Crippen LogP contribution in [0, 0.1) is 11.3 Å². The maximum absolute atomic E-state index is 13.3. The van der Waals surface area contributed by atoms with E-state index in [1.807, 2.05) is 0 Å². The number of anilines is 1. The molecule has 1 saturated heterocycles. The van der Waals surface area contributed by atoms with Crippen molar-refractivity contribution < 1.29 is 35.9 Å². The van der Waals surface area contributed by atoms with Gasteiger partial charge in [0.25, 0.3) is 0 Å². The second kappa shape index (κ2) is 13.0. The van der Waals surface area contributed by atoms with Gasteiger partial charge >= 0.3 is 12.4 Å². The Morgan fingerprint density at radius 3 is 2.30 bits per heavy atom. The summed E-state index contributed by atoms with van der Waals surface area (Å²) in [6.07, 6.45) is -6.53. The van der Waals surface area contributed by atoms with Crippen molar-refractivity contribution in [1.82, 2.24) is 14.8 Å². The first-order valence-electron chi connectivity index (χ1n) is 14.4. The number of carbonyl (C=O) groups excluding carboxylic acids is 1. The Balaban J connectivity index is 1.04. The highest BCUT2D eigenvalue weighted by Gasteiger charge is 2.34. The number of amides is 1. The zero-order valence-electron chi connectivity index (χ0n) is 23.7. The molecule has 1 aromatic heterocycles. The van der Waals surface area contributed by atoms with Gasteiger partial charge in [0.1, 0.15) is 6.61 Å². The molecule has 1 N–H and O–H groups in total. The lowest BCUT2D eigenvalue weighted by molar-refractivity contribution is -0.141. The van der Waals surface area contributed by atoms with Gasteiger partial charge in [0.2, 0.25) is 5.91 Å². The Hall–Kier alpha value is -3.89. The number of hydrogen-bond donors (Lipinski definition) is 1. The van der Waals surface area contributed by atoms with Crippen LogP contribution in [0.3, 0.4) is 0 Å². The number of benzene rings is 2. The molecule has 1 aliphatic heterocycles. The number of piperazine rings is 1. The molecule has 0 bridgehead atoms. The van der Waals surface area contributed by atoms with Gasteiger partial charge in [-0.25, -0.2) is 0 Å². The number of rotatable bonds is 7. The van der Waals surface area contributed by atoms with E-state index in [9.17, 15) is 31.1 Å². The molecule has 1 amide bonds. The summed E-state index contributed by atoms with van der Waals surface area (Å²) in [6.45, 7) is 2.58. The molecule has 1 saturated carbocycles. The minimum Gasteiger partial charge on any atom is -0.382 e. The number of carbonyl (C=O) groups is 1. The van der Waals surface area contributed by atoms with Gasteiger partial charge in [0.15, 0.2) is 0 Å². The fourth-order valence-corrected chi connectivity index (χ4v) is 5.66. The number of halogens is 6. The van der Waals surface area contributed by atoms with Crippen molar-refractivity contribution in [1.29, 1.82) is 5.26 Å². The summed E-state index contributed by atoms with van der Waals surface area (Å²) in [5, 5.41) is 12.7. The van der Waals surface area contributed by atoms with Gasteiger partial charge in [-0.05, 0) is 62.1 Å². The third kappa shape index (κ3) is 7.78. The van der Waals surface area contributed by atoms with E-state index in [0.717, 1.165) is 18.2 Å². The monoisotopic (exact) mass is 619 g/mol. The average molecular weight is 620 g/mol. The van der Waals surface area contributed by atoms with Crippen LogP contribution in [0.15, 0.2) is 48.5 Å². The second-order valence-corrected chi connectivity index (χ2v) is 11.2. The quantitative estimate of drug-likeness (QED) is 0.316. The number of hydrogen-bond acceptors (Lipinski definition) is 6. The van der Waals surface area contributed by atoms with Gasteiger partial charge < -0.3 is 15.0 Å². The minimum absolute atomic E-state index is 0.0450. The SMILES string of the molecule is N#Cc1ccc(N[C@H]2CC[C@H](OCC(=O)N3CCN(Cc4ccc5ccc(C(F)(F)F)cc5n4)CC3)CC2)cc1C(F)(F)F. The normalized spacial score (nSPS) is 20.0. The molecule has 1 aliphatic carbocycles. The largest absolute Gasteiger partial charge is 0.417 e. The lowest BCUT2D eigenvalue weighted by atomic mass is 9.92. The second-order valence-electron chi connectivity index (χ2n) is 11.2. The van der Waals surface area contributed by atoms with Crippen LogP contribution in [0.5, 0.6) is 0 Å². The van der Waals surface area contributed by atoms with Gasteiger partial charge in [0, 0.05) is 49.8 Å². The van der Waals surface area contributed by atoms with Crippen LogP contribution in [0.1, 0.15) is 48.1 Å². The first-order valence-corrected chi connectivity index (χ1v) is 14.4. The van der Waals surface area contributed by atoms with Crippen LogP contribution in [-0.4, -0.2) is 65.6 Å². The van der Waals surface area contributed by atoms with E-state index in [1.165, 1.54) is 18.2 Å². The van der Waals surface area contributed by atoms with Crippen molar-refractivity contribution in [2.24, 2.45) is 0 Å². The number of nitriles is 1. The molecule has 0 unspecified atom stereocenters. The first-order chi connectivity index (χ1) is 20.9. The maximum atomic E-state index is 13.3. The Morgan fingerprint density at radius 2 is 1.64 bits per heavy atom. The van der Waals surface area contributed by atoms with Crippen molar-refractivity contribution in [2.45, 2.75) is 56.7 Å². The van der Waals surface area contributed by atoms with Gasteiger partial charge in [-0.3, -0.25) is 14.7 Å². The lowest BCUT2D eigenvalue weighted by Crippen LogP contribution is -2.49. The van der Waals surface area contributed by atoms with Crippen LogP contribution in [0.2, 0.25) is 0 Å². The van der Waals surface area contributed by atoms with Crippen LogP contribution in [0.25, 0.3) is 10.9 Å². The van der Waals surface area contributed by atoms with E-state index >= 15 is 0 Å². The number of aromatic nitrogens is 1. The zero-order valence-corrected chi connectivity index (χ0v) is 23.7. The van der Waals surface area contributed by atoms with E-state index in [1.54, 1.807) is 23.1 Å². The van der Waals surface area contributed by atoms with Crippen LogP contribution >= 0.6 is 0 Å². The van der Waals surface area contributed by atoms with Crippen LogP contribution in [-0.2, 0) is 28.4 Å². The summed E-state index contributed by atoms with van der Waals surface area (Å²) in [5.74, 6) is -0.120. The van der Waals surface area contributed by atoms with E-state index in [2.05, 4.69) is 15.2 Å². The Bertz CT molecular complexity index is 1520. The van der Waals surface area contributed by atoms with Crippen molar-refractivity contribution in [2.75, 3.05) is 38.1 Å². The Kier molecular flexibility index (Phi) is 9.31. The molecule has 0 atom stereocenters. The predicted octanol–water partition coefficient (Wildman–Crippen LogP) is 6.23. The van der Waals surface area contributed by atoms with Gasteiger partial charge in [-0.15, -0.1) is 0 Å². The molecule has 7 nitrogen and oxygen atoms in total. The number of alkyl halides is 6. The topological polar surface area (TPSA) is 81.5 Å². The molecule has 5 rings (SSSR count). The summed E-state index contributed by atoms with van der Waals surface area (Å²) < 4.78 is 84.9. The Morgan fingerprint density at radius 1 is 0.932 bits per heavy atom.